The summed E-state index contributed by atoms with van der Waals surface area (Å²) in [6, 6.07) is 6.21. The zero-order valence-electron chi connectivity index (χ0n) is 19.9. The molecule has 0 saturated heterocycles. The van der Waals surface area contributed by atoms with Crippen molar-refractivity contribution >= 4 is 5.71 Å². The van der Waals surface area contributed by atoms with Crippen LogP contribution in [0.2, 0.25) is 0 Å². The number of oxime groups is 1. The zero-order valence-corrected chi connectivity index (χ0v) is 19.9. The molecule has 2 aromatic rings. The van der Waals surface area contributed by atoms with Crippen LogP contribution in [-0.4, -0.2) is 35.8 Å². The van der Waals surface area contributed by atoms with Crippen molar-refractivity contribution in [2.45, 2.75) is 59.8 Å². The van der Waals surface area contributed by atoms with Crippen LogP contribution in [0.5, 0.6) is 11.6 Å². The van der Waals surface area contributed by atoms with E-state index in [0.29, 0.717) is 13.2 Å². The molecule has 6 nitrogen and oxygen atoms in total. The van der Waals surface area contributed by atoms with Crippen molar-refractivity contribution in [3.63, 3.8) is 0 Å². The third-order valence-electron chi connectivity index (χ3n) is 5.26. The first-order valence-electron chi connectivity index (χ1n) is 11.0. The molecule has 0 aliphatic carbocycles. The zero-order chi connectivity index (χ0) is 22.6. The lowest BCUT2D eigenvalue weighted by molar-refractivity contribution is 0.213. The Labute approximate surface area is 186 Å². The highest BCUT2D eigenvalue weighted by Gasteiger charge is 2.09. The Morgan fingerprint density at radius 3 is 2.45 bits per heavy atom. The number of nitrogens with zero attached hydrogens (tertiary/aromatic N) is 3. The van der Waals surface area contributed by atoms with E-state index in [1.165, 1.54) is 36.6 Å². The summed E-state index contributed by atoms with van der Waals surface area (Å²) < 4.78 is 13.4. The molecule has 31 heavy (non-hydrogen) atoms. The molecule has 6 heteroatoms. The smallest absolute Gasteiger partial charge is 0.212 e. The predicted molar refractivity (Wildman–Crippen MR) is 126 cm³/mol. The number of aryl methyl sites for hydroxylation is 3. The topological polar surface area (TPSA) is 57.9 Å². The number of ether oxygens (including phenoxy) is 2. The molecule has 0 N–H and O–H groups in total. The maximum atomic E-state index is 5.89. The first-order chi connectivity index (χ1) is 15.0. The molecule has 0 spiro atoms. The lowest BCUT2D eigenvalue weighted by Crippen LogP contribution is -2.03. The van der Waals surface area contributed by atoms with E-state index >= 15 is 0 Å². The van der Waals surface area contributed by atoms with E-state index in [-0.39, 0.29) is 0 Å². The standard InChI is InChI=1S/C25H37N3O3/c1-7-8-14-30-22-16-19(2)23(20(3)17-22)13-11-9-10-12-15-31-25-18-24(26-28(25)5)21(4)27-29-6/h7-8,16-18H,9-15H2,1-6H3/b8-7+,27-21+. The van der Waals surface area contributed by atoms with Gasteiger partial charge in [-0.2, -0.15) is 5.10 Å². The second-order valence-electron chi connectivity index (χ2n) is 7.78. The summed E-state index contributed by atoms with van der Waals surface area (Å²) in [7, 11) is 3.41. The van der Waals surface area contributed by atoms with E-state index in [1.54, 1.807) is 4.68 Å². The lowest BCUT2D eigenvalue weighted by Gasteiger charge is -2.13. The molecule has 0 atom stereocenters. The van der Waals surface area contributed by atoms with Gasteiger partial charge in [0.1, 0.15) is 30.9 Å². The van der Waals surface area contributed by atoms with Crippen LogP contribution in [0.1, 0.15) is 61.9 Å². The van der Waals surface area contributed by atoms with Gasteiger partial charge in [-0.25, -0.2) is 4.68 Å². The fourth-order valence-corrected chi connectivity index (χ4v) is 3.55. The van der Waals surface area contributed by atoms with E-state index in [2.05, 4.69) is 36.2 Å². The summed E-state index contributed by atoms with van der Waals surface area (Å²) in [5.41, 5.74) is 5.58. The summed E-state index contributed by atoms with van der Waals surface area (Å²) in [6.45, 7) is 9.54. The van der Waals surface area contributed by atoms with Crippen LogP contribution in [0.4, 0.5) is 0 Å². The molecule has 2 rings (SSSR count). The number of aromatic nitrogens is 2. The van der Waals surface area contributed by atoms with Crippen LogP contribution in [0.25, 0.3) is 0 Å². The predicted octanol–water partition coefficient (Wildman–Crippen LogP) is 5.54. The summed E-state index contributed by atoms with van der Waals surface area (Å²) in [4.78, 5) is 4.80. The minimum Gasteiger partial charge on any atom is -0.490 e. The van der Waals surface area contributed by atoms with Gasteiger partial charge in [0.25, 0.3) is 0 Å². The highest BCUT2D eigenvalue weighted by molar-refractivity contribution is 5.96. The second-order valence-corrected chi connectivity index (χ2v) is 7.78. The molecule has 0 radical (unpaired) electrons. The van der Waals surface area contributed by atoms with Gasteiger partial charge in [0.2, 0.25) is 5.88 Å². The number of hydrogen-bond donors (Lipinski definition) is 0. The van der Waals surface area contributed by atoms with Crippen LogP contribution >= 0.6 is 0 Å². The molecule has 1 aromatic carbocycles. The van der Waals surface area contributed by atoms with Crippen LogP contribution in [0.15, 0.2) is 35.5 Å². The molecule has 0 unspecified atom stereocenters. The van der Waals surface area contributed by atoms with Crippen molar-refractivity contribution in [3.8, 4) is 11.6 Å². The number of unbranched alkanes of at least 4 members (excludes halogenated alkanes) is 3. The highest BCUT2D eigenvalue weighted by Crippen LogP contribution is 2.24. The summed E-state index contributed by atoms with van der Waals surface area (Å²) in [5.74, 6) is 1.71. The van der Waals surface area contributed by atoms with Crippen molar-refractivity contribution in [1.29, 1.82) is 0 Å². The van der Waals surface area contributed by atoms with Gasteiger partial charge < -0.3 is 14.3 Å². The monoisotopic (exact) mass is 427 g/mol. The summed E-state index contributed by atoms with van der Waals surface area (Å²) in [5, 5.41) is 8.32. The molecular formula is C25H37N3O3. The molecule has 0 aliphatic rings. The van der Waals surface area contributed by atoms with Gasteiger partial charge in [-0.05, 0) is 75.8 Å². The Bertz CT molecular complexity index is 861. The fraction of sp³-hybridized carbons (Fsp3) is 0.520. The number of benzene rings is 1. The van der Waals surface area contributed by atoms with Gasteiger partial charge in [0.15, 0.2) is 0 Å². The fourth-order valence-electron chi connectivity index (χ4n) is 3.55. The Morgan fingerprint density at radius 1 is 1.06 bits per heavy atom. The Balaban J connectivity index is 1.70. The average Bonchev–Trinajstić information content (AvgIpc) is 3.10. The number of hydrogen-bond acceptors (Lipinski definition) is 5. The van der Waals surface area contributed by atoms with Gasteiger partial charge in [-0.15, -0.1) is 0 Å². The van der Waals surface area contributed by atoms with Crippen LogP contribution in [-0.2, 0) is 18.3 Å². The Kier molecular flexibility index (Phi) is 10.1. The van der Waals surface area contributed by atoms with E-state index < -0.39 is 0 Å². The molecule has 1 heterocycles. The van der Waals surface area contributed by atoms with Crippen molar-refractivity contribution in [2.24, 2.45) is 12.2 Å². The summed E-state index contributed by atoms with van der Waals surface area (Å²) >= 11 is 0. The molecular weight excluding hydrogens is 390 g/mol. The quantitative estimate of drug-likeness (QED) is 0.182. The molecule has 170 valence electrons. The highest BCUT2D eigenvalue weighted by atomic mass is 16.6. The molecule has 0 aliphatic heterocycles. The first kappa shape index (κ1) is 24.5. The minimum atomic E-state index is 0.622. The Morgan fingerprint density at radius 2 is 1.77 bits per heavy atom. The first-order valence-corrected chi connectivity index (χ1v) is 11.0. The number of allylic oxidation sites excluding steroid dienone is 1. The SMILES string of the molecule is C/C=C/COc1cc(C)c(CCCCCCOc2cc(/C(C)=N/OC)nn2C)c(C)c1. The summed E-state index contributed by atoms with van der Waals surface area (Å²) in [6.07, 6.45) is 9.69. The van der Waals surface area contributed by atoms with Crippen molar-refractivity contribution in [3.05, 3.63) is 52.7 Å². The maximum absolute atomic E-state index is 5.89. The van der Waals surface area contributed by atoms with Crippen LogP contribution in [0.3, 0.4) is 0 Å². The molecule has 0 saturated carbocycles. The minimum absolute atomic E-state index is 0.622. The third-order valence-corrected chi connectivity index (χ3v) is 5.26. The lowest BCUT2D eigenvalue weighted by atomic mass is 9.97. The number of rotatable bonds is 13. The molecule has 0 amide bonds. The average molecular weight is 428 g/mol. The van der Waals surface area contributed by atoms with Crippen LogP contribution < -0.4 is 9.47 Å². The van der Waals surface area contributed by atoms with Gasteiger partial charge in [0, 0.05) is 13.1 Å². The largest absolute Gasteiger partial charge is 0.490 e. The maximum Gasteiger partial charge on any atom is 0.212 e. The molecule has 0 bridgehead atoms. The van der Waals surface area contributed by atoms with E-state index in [4.69, 9.17) is 14.3 Å². The molecule has 1 aromatic heterocycles. The normalized spacial score (nSPS) is 11.9. The van der Waals surface area contributed by atoms with Crippen molar-refractivity contribution in [2.75, 3.05) is 20.3 Å². The van der Waals surface area contributed by atoms with Crippen molar-refractivity contribution < 1.29 is 14.3 Å². The van der Waals surface area contributed by atoms with Gasteiger partial charge in [0.05, 0.1) is 6.61 Å². The Hall–Kier alpha value is -2.76. The second kappa shape index (κ2) is 12.8. The third kappa shape index (κ3) is 7.78. The van der Waals surface area contributed by atoms with Gasteiger partial charge in [-0.3, -0.25) is 0 Å². The van der Waals surface area contributed by atoms with Gasteiger partial charge in [-0.1, -0.05) is 30.1 Å². The van der Waals surface area contributed by atoms with E-state index in [9.17, 15) is 0 Å². The van der Waals surface area contributed by atoms with Crippen LogP contribution in [0, 0.1) is 13.8 Å². The van der Waals surface area contributed by atoms with E-state index in [0.717, 1.165) is 42.3 Å². The van der Waals surface area contributed by atoms with Gasteiger partial charge >= 0.3 is 0 Å². The van der Waals surface area contributed by atoms with E-state index in [1.807, 2.05) is 39.1 Å². The molecule has 0 fully saturated rings. The van der Waals surface area contributed by atoms with Crippen molar-refractivity contribution in [1.82, 2.24) is 9.78 Å².